The lowest BCUT2D eigenvalue weighted by Gasteiger charge is -2.37. The van der Waals surface area contributed by atoms with Gasteiger partial charge in [-0.05, 0) is 69.7 Å². The van der Waals surface area contributed by atoms with Crippen molar-refractivity contribution in [1.82, 2.24) is 0 Å². The number of hydrogen-bond acceptors (Lipinski definition) is 4. The molecule has 0 fully saturated rings. The first kappa shape index (κ1) is 21.8. The van der Waals surface area contributed by atoms with E-state index >= 15 is 0 Å². The van der Waals surface area contributed by atoms with Crippen LogP contribution >= 0.6 is 0 Å². The maximum atomic E-state index is 10.9. The van der Waals surface area contributed by atoms with Gasteiger partial charge in [-0.25, -0.2) is 0 Å². The Bertz CT molecular complexity index is 846. The number of nitrogens with two attached hydrogens (primary N) is 1. The summed E-state index contributed by atoms with van der Waals surface area (Å²) in [6.07, 6.45) is 1.37. The number of fused-ring (bicyclic) bond motifs is 1. The molecule has 1 aliphatic rings. The van der Waals surface area contributed by atoms with Gasteiger partial charge in [0.25, 0.3) is 0 Å². The predicted molar refractivity (Wildman–Crippen MR) is 111 cm³/mol. The molecule has 0 aromatic heterocycles. The molecule has 152 valence electrons. The molecule has 2 aromatic rings. The van der Waals surface area contributed by atoms with E-state index in [9.17, 15) is 9.90 Å². The molecule has 5 nitrogen and oxygen atoms in total. The van der Waals surface area contributed by atoms with Crippen molar-refractivity contribution >= 4 is 5.97 Å². The third-order valence-electron chi connectivity index (χ3n) is 5.44. The highest BCUT2D eigenvalue weighted by Gasteiger charge is 2.36. The molecule has 4 N–H and O–H groups in total. The summed E-state index contributed by atoms with van der Waals surface area (Å²) >= 11 is 0. The summed E-state index contributed by atoms with van der Waals surface area (Å²) in [5, 5.41) is 19.1. The van der Waals surface area contributed by atoms with E-state index in [-0.39, 0.29) is 12.5 Å². The highest BCUT2D eigenvalue weighted by atomic mass is 16.5. The van der Waals surface area contributed by atoms with E-state index in [2.05, 4.69) is 0 Å². The first-order valence-electron chi connectivity index (χ1n) is 9.58. The minimum absolute atomic E-state index is 0.00908. The van der Waals surface area contributed by atoms with Gasteiger partial charge in [-0.3, -0.25) is 4.79 Å². The molecule has 1 aliphatic heterocycles. The molecular formula is C23H31NO4. The van der Waals surface area contributed by atoms with Crippen LogP contribution < -0.4 is 10.5 Å². The summed E-state index contributed by atoms with van der Waals surface area (Å²) in [4.78, 5) is 10.9. The van der Waals surface area contributed by atoms with Crippen LogP contribution in [0, 0.1) is 20.8 Å². The fraction of sp³-hybridized carbons (Fsp3) is 0.435. The van der Waals surface area contributed by atoms with Crippen molar-refractivity contribution in [1.29, 1.82) is 0 Å². The Morgan fingerprint density at radius 3 is 2.29 bits per heavy atom. The van der Waals surface area contributed by atoms with Crippen molar-refractivity contribution in [2.24, 2.45) is 5.73 Å². The number of carbonyl (C=O) groups is 1. The smallest absolute Gasteiger partial charge is 0.307 e. The predicted octanol–water partition coefficient (Wildman–Crippen LogP) is 4.58. The van der Waals surface area contributed by atoms with Gasteiger partial charge in [-0.2, -0.15) is 0 Å². The molecule has 0 spiro atoms. The topological polar surface area (TPSA) is 92.8 Å². The van der Waals surface area contributed by atoms with Gasteiger partial charge in [0.05, 0.1) is 6.42 Å². The molecular weight excluding hydrogens is 354 g/mol. The van der Waals surface area contributed by atoms with E-state index in [1.165, 1.54) is 5.56 Å². The standard InChI is InChI=1S/C15H20O4.C8H11N/c1-8-9(2)14-11(10(3)13(8)18)5-6-15(4,19-14)7-12(16)17;1-7(9)8-5-3-2-4-6-8/h18H,5-7H2,1-4H3,(H,16,17);2-7H,9H2,1H3/t15-;7-/m00/s1. The first-order valence-corrected chi connectivity index (χ1v) is 9.58. The maximum Gasteiger partial charge on any atom is 0.307 e. The maximum absolute atomic E-state index is 10.9. The van der Waals surface area contributed by atoms with E-state index in [0.717, 1.165) is 34.4 Å². The first-order chi connectivity index (χ1) is 13.1. The Morgan fingerprint density at radius 1 is 1.18 bits per heavy atom. The number of benzene rings is 2. The summed E-state index contributed by atoms with van der Waals surface area (Å²) in [7, 11) is 0. The Kier molecular flexibility index (Phi) is 6.73. The van der Waals surface area contributed by atoms with E-state index in [1.807, 2.05) is 65.0 Å². The summed E-state index contributed by atoms with van der Waals surface area (Å²) < 4.78 is 5.99. The third kappa shape index (κ3) is 4.84. The van der Waals surface area contributed by atoms with Crippen LogP contribution in [-0.4, -0.2) is 21.8 Å². The van der Waals surface area contributed by atoms with Crippen molar-refractivity contribution in [3.05, 3.63) is 58.1 Å². The third-order valence-corrected chi connectivity index (χ3v) is 5.44. The molecule has 0 amide bonds. The van der Waals surface area contributed by atoms with Crippen LogP contribution in [0.25, 0.3) is 0 Å². The Balaban J connectivity index is 0.000000261. The molecule has 2 atom stereocenters. The van der Waals surface area contributed by atoms with Crippen LogP contribution in [0.4, 0.5) is 0 Å². The number of carboxylic acids is 1. The fourth-order valence-corrected chi connectivity index (χ4v) is 3.50. The van der Waals surface area contributed by atoms with Gasteiger partial charge in [-0.1, -0.05) is 30.3 Å². The van der Waals surface area contributed by atoms with Crippen molar-refractivity contribution in [3.8, 4) is 11.5 Å². The second kappa shape index (κ2) is 8.65. The summed E-state index contributed by atoms with van der Waals surface area (Å²) in [6.45, 7) is 9.45. The van der Waals surface area contributed by atoms with Crippen LogP contribution in [0.5, 0.6) is 11.5 Å². The lowest BCUT2D eigenvalue weighted by Crippen LogP contribution is -2.39. The zero-order valence-electron chi connectivity index (χ0n) is 17.4. The average molecular weight is 386 g/mol. The lowest BCUT2D eigenvalue weighted by atomic mass is 9.85. The number of hydrogen-bond donors (Lipinski definition) is 3. The second-order valence-corrected chi connectivity index (χ2v) is 7.85. The fourth-order valence-electron chi connectivity index (χ4n) is 3.50. The minimum Gasteiger partial charge on any atom is -0.507 e. The second-order valence-electron chi connectivity index (χ2n) is 7.85. The molecule has 0 radical (unpaired) electrons. The van der Waals surface area contributed by atoms with Gasteiger partial charge in [0.15, 0.2) is 0 Å². The molecule has 1 heterocycles. The van der Waals surface area contributed by atoms with Gasteiger partial charge in [-0.15, -0.1) is 0 Å². The van der Waals surface area contributed by atoms with Gasteiger partial charge >= 0.3 is 5.97 Å². The van der Waals surface area contributed by atoms with E-state index in [4.69, 9.17) is 15.6 Å². The number of phenolic OH excluding ortho intramolecular Hbond substituents is 1. The summed E-state index contributed by atoms with van der Waals surface area (Å²) in [6, 6.07) is 10.2. The van der Waals surface area contributed by atoms with E-state index in [0.29, 0.717) is 12.2 Å². The van der Waals surface area contributed by atoms with Crippen molar-refractivity contribution in [2.45, 2.75) is 65.5 Å². The highest BCUT2D eigenvalue weighted by molar-refractivity contribution is 5.68. The van der Waals surface area contributed by atoms with Gasteiger partial charge in [0, 0.05) is 11.6 Å². The Labute approximate surface area is 167 Å². The highest BCUT2D eigenvalue weighted by Crippen LogP contribution is 2.43. The molecule has 2 aromatic carbocycles. The van der Waals surface area contributed by atoms with Crippen LogP contribution in [0.1, 0.15) is 60.5 Å². The molecule has 0 aliphatic carbocycles. The zero-order valence-corrected chi connectivity index (χ0v) is 17.4. The number of ether oxygens (including phenoxy) is 1. The Hall–Kier alpha value is -2.53. The summed E-state index contributed by atoms with van der Waals surface area (Å²) in [5.74, 6) is 0.223. The van der Waals surface area contributed by atoms with Crippen molar-refractivity contribution in [3.63, 3.8) is 0 Å². The minimum atomic E-state index is -0.851. The SMILES string of the molecule is C[C@H](N)c1ccccc1.Cc1c(C)c2c(c(C)c1O)CC[C@@](C)(CC(=O)O)O2. The monoisotopic (exact) mass is 385 g/mol. The van der Waals surface area contributed by atoms with Gasteiger partial charge in [0.1, 0.15) is 17.1 Å². The molecule has 28 heavy (non-hydrogen) atoms. The number of phenols is 1. The Morgan fingerprint density at radius 2 is 1.79 bits per heavy atom. The van der Waals surface area contributed by atoms with Crippen molar-refractivity contribution in [2.75, 3.05) is 0 Å². The van der Waals surface area contributed by atoms with Crippen molar-refractivity contribution < 1.29 is 19.7 Å². The summed E-state index contributed by atoms with van der Waals surface area (Å²) in [5.41, 5.74) is 9.68. The molecule has 0 saturated heterocycles. The van der Waals surface area contributed by atoms with E-state index < -0.39 is 11.6 Å². The number of rotatable bonds is 3. The normalized spacial score (nSPS) is 18.9. The number of aliphatic carboxylic acids is 1. The van der Waals surface area contributed by atoms with Crippen LogP contribution in [0.3, 0.4) is 0 Å². The molecule has 0 unspecified atom stereocenters. The molecule has 5 heteroatoms. The molecule has 3 rings (SSSR count). The lowest BCUT2D eigenvalue weighted by molar-refractivity contribution is -0.141. The van der Waals surface area contributed by atoms with E-state index in [1.54, 1.807) is 0 Å². The van der Waals surface area contributed by atoms with Crippen LogP contribution in [-0.2, 0) is 11.2 Å². The average Bonchev–Trinajstić information content (AvgIpc) is 2.65. The zero-order chi connectivity index (χ0) is 21.1. The largest absolute Gasteiger partial charge is 0.507 e. The van der Waals surface area contributed by atoms with Gasteiger partial charge < -0.3 is 20.7 Å². The molecule has 0 saturated carbocycles. The van der Waals surface area contributed by atoms with Crippen LogP contribution in [0.15, 0.2) is 30.3 Å². The van der Waals surface area contributed by atoms with Crippen LogP contribution in [0.2, 0.25) is 0 Å². The number of aromatic hydroxyl groups is 1. The molecule has 0 bridgehead atoms. The van der Waals surface area contributed by atoms with Gasteiger partial charge in [0.2, 0.25) is 0 Å². The number of carboxylic acid groups (broad SMARTS) is 1. The quantitative estimate of drug-likeness (QED) is 0.719.